The summed E-state index contributed by atoms with van der Waals surface area (Å²) >= 11 is 0. The highest BCUT2D eigenvalue weighted by molar-refractivity contribution is 5.79. The van der Waals surface area contributed by atoms with Crippen molar-refractivity contribution in [1.82, 2.24) is 5.32 Å². The highest BCUT2D eigenvalue weighted by atomic mass is 16.1. The number of nitrogens with one attached hydrogen (secondary N) is 1. The van der Waals surface area contributed by atoms with E-state index in [1.165, 1.54) is 12.8 Å². The zero-order valence-corrected chi connectivity index (χ0v) is 6.10. The van der Waals surface area contributed by atoms with E-state index in [0.29, 0.717) is 11.8 Å². The van der Waals surface area contributed by atoms with Gasteiger partial charge in [0.25, 0.3) is 0 Å². The third-order valence-corrected chi connectivity index (χ3v) is 2.76. The van der Waals surface area contributed by atoms with Crippen molar-refractivity contribution in [2.75, 3.05) is 6.54 Å². The molecule has 2 rings (SSSR count). The van der Waals surface area contributed by atoms with Gasteiger partial charge in [-0.3, -0.25) is 4.79 Å². The molecule has 10 heavy (non-hydrogen) atoms. The van der Waals surface area contributed by atoms with Gasteiger partial charge in [-0.05, 0) is 31.6 Å². The zero-order valence-electron chi connectivity index (χ0n) is 6.10. The van der Waals surface area contributed by atoms with Gasteiger partial charge in [-0.15, -0.1) is 0 Å². The maximum atomic E-state index is 11.2. The highest BCUT2D eigenvalue weighted by Crippen LogP contribution is 2.34. The van der Waals surface area contributed by atoms with Crippen molar-refractivity contribution in [1.29, 1.82) is 0 Å². The molecule has 2 bridgehead atoms. The average Bonchev–Trinajstić information content (AvgIpc) is 2.27. The van der Waals surface area contributed by atoms with Gasteiger partial charge in [0, 0.05) is 12.5 Å². The number of hydrogen-bond acceptors (Lipinski definition) is 1. The summed E-state index contributed by atoms with van der Waals surface area (Å²) < 4.78 is 0. The van der Waals surface area contributed by atoms with Crippen LogP contribution in [0.15, 0.2) is 0 Å². The third kappa shape index (κ3) is 0.917. The average molecular weight is 139 g/mol. The third-order valence-electron chi connectivity index (χ3n) is 2.76. The van der Waals surface area contributed by atoms with Gasteiger partial charge in [0.2, 0.25) is 5.91 Å². The lowest BCUT2D eigenvalue weighted by Crippen LogP contribution is -2.28. The Morgan fingerprint density at radius 1 is 1.30 bits per heavy atom. The summed E-state index contributed by atoms with van der Waals surface area (Å²) in [5.41, 5.74) is 0. The van der Waals surface area contributed by atoms with E-state index < -0.39 is 0 Å². The van der Waals surface area contributed by atoms with Gasteiger partial charge in [-0.1, -0.05) is 0 Å². The molecular formula is C8H13NO. The van der Waals surface area contributed by atoms with Crippen molar-refractivity contribution >= 4 is 5.91 Å². The minimum absolute atomic E-state index is 0.306. The Labute approximate surface area is 61.0 Å². The monoisotopic (exact) mass is 139 g/mol. The number of rotatable bonds is 0. The summed E-state index contributed by atoms with van der Waals surface area (Å²) in [6, 6.07) is 0. The van der Waals surface area contributed by atoms with E-state index in [4.69, 9.17) is 0 Å². The highest BCUT2D eigenvalue weighted by Gasteiger charge is 2.31. The molecule has 0 spiro atoms. The Morgan fingerprint density at radius 2 is 2.20 bits per heavy atom. The Bertz CT molecular complexity index is 155. The molecule has 2 aliphatic rings. The van der Waals surface area contributed by atoms with E-state index in [1.807, 2.05) is 0 Å². The molecule has 2 unspecified atom stereocenters. The summed E-state index contributed by atoms with van der Waals surface area (Å²) in [5.74, 6) is 1.52. The van der Waals surface area contributed by atoms with Crippen molar-refractivity contribution in [3.63, 3.8) is 0 Å². The quantitative estimate of drug-likeness (QED) is 0.531. The van der Waals surface area contributed by atoms with Crippen molar-refractivity contribution in [3.8, 4) is 0 Å². The normalized spacial score (nSPS) is 39.0. The van der Waals surface area contributed by atoms with Gasteiger partial charge in [0.15, 0.2) is 0 Å². The molecule has 1 N–H and O–H groups in total. The Hall–Kier alpha value is -0.530. The molecule has 2 nitrogen and oxygen atoms in total. The zero-order chi connectivity index (χ0) is 6.97. The van der Waals surface area contributed by atoms with Gasteiger partial charge in [-0.25, -0.2) is 0 Å². The molecule has 1 saturated carbocycles. The topological polar surface area (TPSA) is 29.1 Å². The molecule has 0 aromatic carbocycles. The number of hydrogen-bond donors (Lipinski definition) is 1. The molecule has 1 amide bonds. The van der Waals surface area contributed by atoms with E-state index in [2.05, 4.69) is 5.32 Å². The number of amides is 1. The van der Waals surface area contributed by atoms with Gasteiger partial charge in [-0.2, -0.15) is 0 Å². The van der Waals surface area contributed by atoms with E-state index in [-0.39, 0.29) is 0 Å². The fourth-order valence-corrected chi connectivity index (χ4v) is 2.12. The van der Waals surface area contributed by atoms with Crippen LogP contribution in [0.2, 0.25) is 0 Å². The SMILES string of the molecule is O=C1NCCC2CCC1C2. The molecule has 56 valence electrons. The fourth-order valence-electron chi connectivity index (χ4n) is 2.12. The maximum absolute atomic E-state index is 11.2. The van der Waals surface area contributed by atoms with Gasteiger partial charge >= 0.3 is 0 Å². The van der Waals surface area contributed by atoms with Crippen LogP contribution in [0.25, 0.3) is 0 Å². The fraction of sp³-hybridized carbons (Fsp3) is 0.875. The van der Waals surface area contributed by atoms with Crippen LogP contribution in [0, 0.1) is 11.8 Å². The van der Waals surface area contributed by atoms with Crippen LogP contribution in [0.1, 0.15) is 25.7 Å². The first-order valence-corrected chi connectivity index (χ1v) is 4.14. The van der Waals surface area contributed by atoms with Crippen LogP contribution in [0.4, 0.5) is 0 Å². The molecule has 1 saturated heterocycles. The summed E-state index contributed by atoms with van der Waals surface area (Å²) in [4.78, 5) is 11.2. The molecule has 2 heteroatoms. The first-order valence-electron chi connectivity index (χ1n) is 4.14. The Morgan fingerprint density at radius 3 is 3.10 bits per heavy atom. The van der Waals surface area contributed by atoms with Crippen molar-refractivity contribution in [3.05, 3.63) is 0 Å². The summed E-state index contributed by atoms with van der Waals surface area (Å²) in [6.07, 6.45) is 4.79. The smallest absolute Gasteiger partial charge is 0.223 e. The van der Waals surface area contributed by atoms with Crippen molar-refractivity contribution in [2.24, 2.45) is 11.8 Å². The predicted molar refractivity (Wildman–Crippen MR) is 38.5 cm³/mol. The summed E-state index contributed by atoms with van der Waals surface area (Å²) in [6.45, 7) is 0.917. The predicted octanol–water partition coefficient (Wildman–Crippen LogP) is 0.923. The van der Waals surface area contributed by atoms with E-state index in [9.17, 15) is 4.79 Å². The van der Waals surface area contributed by atoms with Crippen LogP contribution in [-0.4, -0.2) is 12.5 Å². The second-order valence-electron chi connectivity index (χ2n) is 3.46. The van der Waals surface area contributed by atoms with Gasteiger partial charge < -0.3 is 5.32 Å². The largest absolute Gasteiger partial charge is 0.356 e. The molecule has 2 fully saturated rings. The lowest BCUT2D eigenvalue weighted by Gasteiger charge is -2.07. The maximum Gasteiger partial charge on any atom is 0.223 e. The van der Waals surface area contributed by atoms with Crippen LogP contribution in [0.5, 0.6) is 0 Å². The standard InChI is InChI=1S/C8H13NO/c10-8-7-2-1-6(5-7)3-4-9-8/h6-7H,1-5H2,(H,9,10). The molecule has 1 aliphatic carbocycles. The number of carbonyl (C=O) groups is 1. The van der Waals surface area contributed by atoms with E-state index in [0.717, 1.165) is 25.3 Å². The summed E-state index contributed by atoms with van der Waals surface area (Å²) in [7, 11) is 0. The molecular weight excluding hydrogens is 126 g/mol. The first-order chi connectivity index (χ1) is 4.86. The molecule has 0 aromatic rings. The van der Waals surface area contributed by atoms with Crippen LogP contribution < -0.4 is 5.32 Å². The lowest BCUT2D eigenvalue weighted by atomic mass is 10.0. The molecule has 1 heterocycles. The van der Waals surface area contributed by atoms with Gasteiger partial charge in [0.05, 0.1) is 0 Å². The van der Waals surface area contributed by atoms with Gasteiger partial charge in [0.1, 0.15) is 0 Å². The van der Waals surface area contributed by atoms with E-state index >= 15 is 0 Å². The molecule has 0 aromatic heterocycles. The molecule has 2 atom stereocenters. The van der Waals surface area contributed by atoms with Crippen LogP contribution >= 0.6 is 0 Å². The van der Waals surface area contributed by atoms with Crippen molar-refractivity contribution < 1.29 is 4.79 Å². The van der Waals surface area contributed by atoms with Crippen molar-refractivity contribution in [2.45, 2.75) is 25.7 Å². The molecule has 0 radical (unpaired) electrons. The van der Waals surface area contributed by atoms with Crippen LogP contribution in [-0.2, 0) is 4.79 Å². The number of fused-ring (bicyclic) bond motifs is 2. The lowest BCUT2D eigenvalue weighted by molar-refractivity contribution is -0.124. The molecule has 1 aliphatic heterocycles. The van der Waals surface area contributed by atoms with E-state index in [1.54, 1.807) is 0 Å². The minimum atomic E-state index is 0.306. The second-order valence-corrected chi connectivity index (χ2v) is 3.46. The second kappa shape index (κ2) is 2.26. The first kappa shape index (κ1) is 6.20. The Kier molecular flexibility index (Phi) is 1.40. The van der Waals surface area contributed by atoms with Crippen LogP contribution in [0.3, 0.4) is 0 Å². The number of carbonyl (C=O) groups excluding carboxylic acids is 1. The Balaban J connectivity index is 2.10. The summed E-state index contributed by atoms with van der Waals surface area (Å²) in [5, 5.41) is 2.94. The minimum Gasteiger partial charge on any atom is -0.356 e.